The summed E-state index contributed by atoms with van der Waals surface area (Å²) < 4.78 is 91.7. The van der Waals surface area contributed by atoms with Gasteiger partial charge in [-0.1, -0.05) is 0 Å². The van der Waals surface area contributed by atoms with Crippen LogP contribution in [-0.2, 0) is 31.0 Å². The van der Waals surface area contributed by atoms with Gasteiger partial charge in [-0.25, -0.2) is 8.42 Å². The molecule has 12 nitrogen and oxygen atoms in total. The number of hydrogen-bond donors (Lipinski definition) is 3. The van der Waals surface area contributed by atoms with E-state index in [1.807, 2.05) is 0 Å². The molecule has 0 bridgehead atoms. The van der Waals surface area contributed by atoms with Gasteiger partial charge in [-0.3, -0.25) is 13.7 Å². The van der Waals surface area contributed by atoms with Crippen LogP contribution in [0.25, 0.3) is 0 Å². The fourth-order valence-electron chi connectivity index (χ4n) is 0.594. The standard InChI is InChI=1S/C3H4N2O6S2.H2O4S/c6-12(7,8)4-1-2-5(3-4)13(9,10)11;1-5(2,3)4/h1-3H,(H-,6,7,8,9,10,11);(H2,1,2,3,4). The van der Waals surface area contributed by atoms with Crippen molar-refractivity contribution in [1.29, 1.82) is 0 Å². The van der Waals surface area contributed by atoms with Gasteiger partial charge in [-0.05, 0) is 0 Å². The number of nitrogens with zero attached hydrogens (tertiary/aromatic N) is 2. The van der Waals surface area contributed by atoms with Crippen molar-refractivity contribution in [2.45, 2.75) is 0 Å². The van der Waals surface area contributed by atoms with E-state index in [0.29, 0.717) is 6.33 Å². The van der Waals surface area contributed by atoms with Gasteiger partial charge in [-0.15, -0.1) is 7.94 Å². The number of aromatic nitrogens is 2. The van der Waals surface area contributed by atoms with Crippen molar-refractivity contribution in [3.05, 3.63) is 18.7 Å². The number of imidazole rings is 1. The minimum Gasteiger partial charge on any atom is -0.726 e. The van der Waals surface area contributed by atoms with E-state index in [0.717, 1.165) is 12.4 Å². The monoisotopic (exact) mass is 326 g/mol. The first-order valence-electron chi connectivity index (χ1n) is 3.45. The average Bonchev–Trinajstić information content (AvgIpc) is 2.43. The predicted octanol–water partition coefficient (Wildman–Crippen LogP) is -2.92. The normalized spacial score (nSPS) is 12.7. The first-order chi connectivity index (χ1) is 7.71. The molecule has 106 valence electrons. The maximum absolute atomic E-state index is 10.4. The molecule has 0 saturated carbocycles. The third-order valence-electron chi connectivity index (χ3n) is 1.12. The van der Waals surface area contributed by atoms with Crippen LogP contribution >= 0.6 is 0 Å². The van der Waals surface area contributed by atoms with Gasteiger partial charge in [0.2, 0.25) is 10.4 Å². The SMILES string of the molecule is O=S(=O)(O)n1cc[n+](S(=O)(=O)O)c1.O=S(=O)([O-])O. The largest absolute Gasteiger partial charge is 0.726 e. The first kappa shape index (κ1) is 16.9. The van der Waals surface area contributed by atoms with Crippen molar-refractivity contribution in [3.63, 3.8) is 0 Å². The van der Waals surface area contributed by atoms with Gasteiger partial charge in [0.25, 0.3) is 6.33 Å². The van der Waals surface area contributed by atoms with E-state index in [1.54, 1.807) is 0 Å². The summed E-state index contributed by atoms with van der Waals surface area (Å²) in [7, 11) is -14.0. The van der Waals surface area contributed by atoms with Gasteiger partial charge in [-0.2, -0.15) is 16.8 Å². The lowest BCUT2D eigenvalue weighted by Crippen LogP contribution is -2.40. The molecule has 3 N–H and O–H groups in total. The molecule has 1 heterocycles. The third-order valence-corrected chi connectivity index (χ3v) is 2.62. The molecule has 1 aromatic rings. The Morgan fingerprint density at radius 1 is 1.00 bits per heavy atom. The Kier molecular flexibility index (Phi) is 4.94. The van der Waals surface area contributed by atoms with E-state index in [9.17, 15) is 16.8 Å². The van der Waals surface area contributed by atoms with Crippen molar-refractivity contribution in [2.75, 3.05) is 0 Å². The zero-order valence-corrected chi connectivity index (χ0v) is 10.5. The van der Waals surface area contributed by atoms with E-state index in [1.165, 1.54) is 0 Å². The predicted molar refractivity (Wildman–Crippen MR) is 50.8 cm³/mol. The molecule has 0 amide bonds. The molecule has 0 spiro atoms. The summed E-state index contributed by atoms with van der Waals surface area (Å²) in [6.45, 7) is 0. The Labute approximate surface area is 101 Å². The zero-order chi connectivity index (χ0) is 14.8. The minimum atomic E-state index is -4.92. The first-order valence-corrected chi connectivity index (χ1v) is 7.60. The zero-order valence-electron chi connectivity index (χ0n) is 8.05. The Bertz CT molecular complexity index is 654. The Morgan fingerprint density at radius 2 is 1.39 bits per heavy atom. The Morgan fingerprint density at radius 3 is 1.56 bits per heavy atom. The van der Waals surface area contributed by atoms with Crippen LogP contribution in [0, 0.1) is 0 Å². The fraction of sp³-hybridized carbons (Fsp3) is 0. The Balaban J connectivity index is 0.000000494. The lowest BCUT2D eigenvalue weighted by Gasteiger charge is -1.88. The lowest BCUT2D eigenvalue weighted by atomic mass is 11.0. The molecule has 0 aliphatic carbocycles. The molecule has 0 radical (unpaired) electrons. The smallest absolute Gasteiger partial charge is 0.439 e. The van der Waals surface area contributed by atoms with Gasteiger partial charge in [0.05, 0.1) is 0 Å². The maximum Gasteiger partial charge on any atom is 0.439 e. The van der Waals surface area contributed by atoms with E-state index in [2.05, 4.69) is 0 Å². The average molecular weight is 326 g/mol. The van der Waals surface area contributed by atoms with Crippen LogP contribution in [0.15, 0.2) is 18.7 Å². The van der Waals surface area contributed by atoms with Crippen LogP contribution in [0.2, 0.25) is 0 Å². The highest BCUT2D eigenvalue weighted by Crippen LogP contribution is 1.90. The third kappa shape index (κ3) is 7.27. The van der Waals surface area contributed by atoms with Crippen LogP contribution in [0.4, 0.5) is 0 Å². The van der Waals surface area contributed by atoms with Crippen molar-refractivity contribution >= 4 is 31.0 Å². The van der Waals surface area contributed by atoms with Crippen molar-refractivity contribution in [2.24, 2.45) is 0 Å². The van der Waals surface area contributed by atoms with Crippen molar-refractivity contribution in [3.8, 4) is 0 Å². The minimum absolute atomic E-state index is 0.223. The van der Waals surface area contributed by atoms with Gasteiger partial charge in [0.15, 0.2) is 12.4 Å². The number of hydrogen-bond acceptors (Lipinski definition) is 7. The van der Waals surface area contributed by atoms with Crippen molar-refractivity contribution in [1.82, 2.24) is 3.97 Å². The number of rotatable bonds is 2. The van der Waals surface area contributed by atoms with Crippen LogP contribution in [0.3, 0.4) is 0 Å². The van der Waals surface area contributed by atoms with Crippen LogP contribution in [0.1, 0.15) is 0 Å². The second-order valence-corrected chi connectivity index (χ2v) is 5.95. The van der Waals surface area contributed by atoms with Gasteiger partial charge in [0, 0.05) is 0 Å². The molecule has 0 aliphatic rings. The van der Waals surface area contributed by atoms with E-state index in [-0.39, 0.29) is 7.94 Å². The van der Waals surface area contributed by atoms with Crippen LogP contribution in [0.5, 0.6) is 0 Å². The second kappa shape index (κ2) is 5.26. The lowest BCUT2D eigenvalue weighted by molar-refractivity contribution is -0.517. The van der Waals surface area contributed by atoms with Crippen molar-refractivity contribution < 1.29 is 47.4 Å². The summed E-state index contributed by atoms with van der Waals surface area (Å²) in [5.41, 5.74) is 0. The second-order valence-electron chi connectivity index (χ2n) is 2.46. The highest BCUT2D eigenvalue weighted by atomic mass is 32.3. The van der Waals surface area contributed by atoms with E-state index >= 15 is 0 Å². The van der Waals surface area contributed by atoms with Crippen LogP contribution in [-0.4, -0.2) is 47.4 Å². The van der Waals surface area contributed by atoms with Gasteiger partial charge < -0.3 is 4.55 Å². The van der Waals surface area contributed by atoms with Crippen LogP contribution < -0.4 is 3.97 Å². The topological polar surface area (TPSA) is 195 Å². The summed E-state index contributed by atoms with van der Waals surface area (Å²) >= 11 is 0. The summed E-state index contributed by atoms with van der Waals surface area (Å²) in [4.78, 5) is 0. The maximum atomic E-state index is 10.4. The quantitative estimate of drug-likeness (QED) is 0.287. The summed E-state index contributed by atoms with van der Waals surface area (Å²) in [6.07, 6.45) is 2.00. The highest BCUT2D eigenvalue weighted by molar-refractivity contribution is 7.84. The molecule has 15 heteroatoms. The molecule has 0 aromatic carbocycles. The molecule has 18 heavy (non-hydrogen) atoms. The van der Waals surface area contributed by atoms with E-state index in [4.69, 9.17) is 26.6 Å². The molecule has 0 unspecified atom stereocenters. The summed E-state index contributed by atoms with van der Waals surface area (Å²) in [5.74, 6) is 0. The molecule has 0 aliphatic heterocycles. The van der Waals surface area contributed by atoms with E-state index < -0.39 is 31.0 Å². The summed E-state index contributed by atoms with van der Waals surface area (Å²) in [6, 6.07) is 0. The molecule has 0 atom stereocenters. The Hall–Kier alpha value is -1.10. The molecule has 0 fully saturated rings. The van der Waals surface area contributed by atoms with Gasteiger partial charge in [0.1, 0.15) is 0 Å². The molecule has 1 aromatic heterocycles. The molecular weight excluding hydrogens is 320 g/mol. The molecular formula is C3H6N2O10S3. The summed E-state index contributed by atoms with van der Waals surface area (Å²) in [5, 5.41) is 0. The molecule has 0 saturated heterocycles. The highest BCUT2D eigenvalue weighted by Gasteiger charge is 2.21. The fourth-order valence-corrected chi connectivity index (χ4v) is 1.51. The van der Waals surface area contributed by atoms with Gasteiger partial charge >= 0.3 is 20.6 Å². The molecule has 1 rings (SSSR count).